The van der Waals surface area contributed by atoms with Crippen molar-refractivity contribution >= 4 is 31.9 Å². The molecule has 0 N–H and O–H groups in total. The second-order valence-electron chi connectivity index (χ2n) is 3.40. The Morgan fingerprint density at radius 1 is 1.26 bits per heavy atom. The Morgan fingerprint density at radius 2 is 1.95 bits per heavy atom. The van der Waals surface area contributed by atoms with Crippen LogP contribution in [0.3, 0.4) is 0 Å². The highest BCUT2D eigenvalue weighted by atomic mass is 79.9. The molecule has 0 saturated heterocycles. The molecule has 0 aromatic carbocycles. The zero-order valence-corrected chi connectivity index (χ0v) is 12.1. The van der Waals surface area contributed by atoms with E-state index in [1.165, 1.54) is 6.20 Å². The number of rotatable bonds is 1. The lowest BCUT2D eigenvalue weighted by Crippen LogP contribution is -2.25. The second-order valence-corrected chi connectivity index (χ2v) is 5.04. The summed E-state index contributed by atoms with van der Waals surface area (Å²) >= 11 is 6.02. The van der Waals surface area contributed by atoms with Gasteiger partial charge in [-0.15, -0.1) is 0 Å². The summed E-state index contributed by atoms with van der Waals surface area (Å²) in [7, 11) is 0. The van der Waals surface area contributed by atoms with Gasteiger partial charge < -0.3 is 0 Å². The van der Waals surface area contributed by atoms with Crippen molar-refractivity contribution in [2.24, 2.45) is 0 Å². The molecule has 0 aliphatic carbocycles. The van der Waals surface area contributed by atoms with Gasteiger partial charge in [0.1, 0.15) is 10.0 Å². The van der Waals surface area contributed by atoms with Crippen LogP contribution in [0.1, 0.15) is 5.56 Å². The van der Waals surface area contributed by atoms with Crippen LogP contribution < -0.4 is 5.56 Å². The molecule has 19 heavy (non-hydrogen) atoms. The molecule has 0 radical (unpaired) electrons. The van der Waals surface area contributed by atoms with Crippen LogP contribution in [-0.4, -0.2) is 14.8 Å². The maximum Gasteiger partial charge on any atom is 0.420 e. The molecule has 2 rings (SSSR count). The van der Waals surface area contributed by atoms with E-state index in [0.29, 0.717) is 9.15 Å². The van der Waals surface area contributed by atoms with Crippen molar-refractivity contribution in [3.63, 3.8) is 0 Å². The molecule has 4 nitrogen and oxygen atoms in total. The number of halogens is 5. The first-order valence-electron chi connectivity index (χ1n) is 4.78. The van der Waals surface area contributed by atoms with Crippen LogP contribution in [-0.2, 0) is 6.18 Å². The summed E-state index contributed by atoms with van der Waals surface area (Å²) in [4.78, 5) is 15.5. The maximum atomic E-state index is 12.8. The highest BCUT2D eigenvalue weighted by Gasteiger charge is 2.35. The van der Waals surface area contributed by atoms with E-state index in [1.54, 1.807) is 0 Å². The molecular formula is C10H4Br2F3N3O. The van der Waals surface area contributed by atoms with E-state index in [0.717, 1.165) is 18.3 Å². The SMILES string of the molecule is O=c1c(Br)c(Br)cnn1-c1ncccc1C(F)(F)F. The minimum Gasteiger partial charge on any atom is -0.266 e. The number of pyridine rings is 1. The van der Waals surface area contributed by atoms with Crippen LogP contribution in [0.2, 0.25) is 0 Å². The molecule has 0 atom stereocenters. The average Bonchev–Trinajstić information content (AvgIpc) is 2.35. The topological polar surface area (TPSA) is 47.8 Å². The van der Waals surface area contributed by atoms with Crippen LogP contribution in [0, 0.1) is 0 Å². The largest absolute Gasteiger partial charge is 0.420 e. The van der Waals surface area contributed by atoms with Gasteiger partial charge in [-0.1, -0.05) is 0 Å². The zero-order valence-electron chi connectivity index (χ0n) is 8.95. The van der Waals surface area contributed by atoms with Crippen molar-refractivity contribution in [1.82, 2.24) is 14.8 Å². The van der Waals surface area contributed by atoms with Crippen LogP contribution in [0.15, 0.2) is 38.3 Å². The quantitative estimate of drug-likeness (QED) is 0.741. The second kappa shape index (κ2) is 5.04. The summed E-state index contributed by atoms with van der Waals surface area (Å²) in [6.45, 7) is 0. The van der Waals surface area contributed by atoms with Gasteiger partial charge in [-0.3, -0.25) is 4.79 Å². The lowest BCUT2D eigenvalue weighted by atomic mass is 10.2. The minimum atomic E-state index is -4.62. The van der Waals surface area contributed by atoms with Crippen LogP contribution in [0.4, 0.5) is 13.2 Å². The third-order valence-electron chi connectivity index (χ3n) is 2.17. The van der Waals surface area contributed by atoms with Gasteiger partial charge in [0.05, 0.1) is 10.7 Å². The van der Waals surface area contributed by atoms with Crippen LogP contribution >= 0.6 is 31.9 Å². The van der Waals surface area contributed by atoms with E-state index < -0.39 is 23.1 Å². The molecule has 0 fully saturated rings. The number of aromatic nitrogens is 3. The van der Waals surface area contributed by atoms with E-state index in [9.17, 15) is 18.0 Å². The van der Waals surface area contributed by atoms with Gasteiger partial charge in [0.15, 0.2) is 5.82 Å². The van der Waals surface area contributed by atoms with Crippen molar-refractivity contribution in [1.29, 1.82) is 0 Å². The molecule has 0 unspecified atom stereocenters. The third kappa shape index (κ3) is 2.71. The van der Waals surface area contributed by atoms with Gasteiger partial charge in [0.25, 0.3) is 5.56 Å². The predicted molar refractivity (Wildman–Crippen MR) is 68.0 cm³/mol. The maximum absolute atomic E-state index is 12.8. The predicted octanol–water partition coefficient (Wildman–Crippen LogP) is 3.17. The summed E-state index contributed by atoms with van der Waals surface area (Å²) in [5.74, 6) is -0.562. The standard InChI is InChI=1S/C10H4Br2F3N3O/c11-6-4-17-18(9(19)7(6)12)8-5(10(13,14)15)2-1-3-16-8/h1-4H. The third-order valence-corrected chi connectivity index (χ3v) is 4.07. The molecule has 9 heteroatoms. The Morgan fingerprint density at radius 3 is 2.58 bits per heavy atom. The van der Waals surface area contributed by atoms with Gasteiger partial charge >= 0.3 is 6.18 Å². The molecule has 0 amide bonds. The zero-order chi connectivity index (χ0) is 14.2. The molecule has 0 saturated carbocycles. The molecule has 0 bridgehead atoms. The molecule has 2 aromatic rings. The van der Waals surface area contributed by atoms with Gasteiger partial charge in [-0.05, 0) is 44.0 Å². The van der Waals surface area contributed by atoms with Crippen molar-refractivity contribution in [2.45, 2.75) is 6.18 Å². The molecule has 0 aliphatic heterocycles. The van der Waals surface area contributed by atoms with E-state index in [1.807, 2.05) is 0 Å². The minimum absolute atomic E-state index is 0.0706. The Hall–Kier alpha value is -1.22. The van der Waals surface area contributed by atoms with Gasteiger partial charge in [0.2, 0.25) is 0 Å². The first kappa shape index (κ1) is 14.2. The summed E-state index contributed by atoms with van der Waals surface area (Å²) < 4.78 is 39.5. The lowest BCUT2D eigenvalue weighted by Gasteiger charge is -2.12. The Bertz CT molecular complexity index is 684. The Balaban J connectivity index is 2.74. The molecule has 2 heterocycles. The van der Waals surface area contributed by atoms with E-state index >= 15 is 0 Å². The van der Waals surface area contributed by atoms with E-state index in [4.69, 9.17) is 0 Å². The number of nitrogens with zero attached hydrogens (tertiary/aromatic N) is 3. The monoisotopic (exact) mass is 397 g/mol. The first-order valence-corrected chi connectivity index (χ1v) is 6.37. The van der Waals surface area contributed by atoms with Crippen molar-refractivity contribution in [3.8, 4) is 5.82 Å². The number of hydrogen-bond acceptors (Lipinski definition) is 3. The fraction of sp³-hybridized carbons (Fsp3) is 0.100. The van der Waals surface area contributed by atoms with Crippen LogP contribution in [0.25, 0.3) is 5.82 Å². The van der Waals surface area contributed by atoms with Crippen molar-refractivity contribution in [3.05, 3.63) is 49.4 Å². The Labute approximate surface area is 121 Å². The highest BCUT2D eigenvalue weighted by molar-refractivity contribution is 9.13. The van der Waals surface area contributed by atoms with Gasteiger partial charge in [0, 0.05) is 6.20 Å². The Kier molecular flexibility index (Phi) is 3.77. The molecule has 2 aromatic heterocycles. The number of hydrogen-bond donors (Lipinski definition) is 0. The van der Waals surface area contributed by atoms with Crippen molar-refractivity contribution < 1.29 is 13.2 Å². The fourth-order valence-electron chi connectivity index (χ4n) is 1.35. The number of alkyl halides is 3. The molecule has 0 spiro atoms. The van der Waals surface area contributed by atoms with Gasteiger partial charge in [-0.2, -0.15) is 23.0 Å². The van der Waals surface area contributed by atoms with Crippen LogP contribution in [0.5, 0.6) is 0 Å². The summed E-state index contributed by atoms with van der Waals surface area (Å²) in [5.41, 5.74) is -1.77. The average molecular weight is 399 g/mol. The first-order chi connectivity index (χ1) is 8.82. The van der Waals surface area contributed by atoms with E-state index in [2.05, 4.69) is 41.9 Å². The summed E-state index contributed by atoms with van der Waals surface area (Å²) in [5, 5.41) is 3.65. The summed E-state index contributed by atoms with van der Waals surface area (Å²) in [6.07, 6.45) is -2.25. The van der Waals surface area contributed by atoms with Gasteiger partial charge in [-0.25, -0.2) is 4.98 Å². The normalized spacial score (nSPS) is 11.6. The summed E-state index contributed by atoms with van der Waals surface area (Å²) in [6, 6.07) is 1.98. The van der Waals surface area contributed by atoms with Crippen molar-refractivity contribution in [2.75, 3.05) is 0 Å². The highest BCUT2D eigenvalue weighted by Crippen LogP contribution is 2.32. The smallest absolute Gasteiger partial charge is 0.266 e. The molecular weight excluding hydrogens is 395 g/mol. The molecule has 0 aliphatic rings. The molecule has 100 valence electrons. The lowest BCUT2D eigenvalue weighted by molar-refractivity contribution is -0.137. The fourth-order valence-corrected chi connectivity index (χ4v) is 1.88. The van der Waals surface area contributed by atoms with E-state index in [-0.39, 0.29) is 4.47 Å².